The molecular weight excluding hydrogens is 248 g/mol. The van der Waals surface area contributed by atoms with Crippen LogP contribution in [0.25, 0.3) is 5.57 Å². The number of aliphatic imine (C=N–C) groups is 1. The van der Waals surface area contributed by atoms with Crippen LogP contribution in [0, 0.1) is 0 Å². The minimum atomic E-state index is 0.0958. The molecule has 3 heteroatoms. The van der Waals surface area contributed by atoms with Gasteiger partial charge in [-0.05, 0) is 49.4 Å². The fraction of sp³-hybridized carbons (Fsp3) is 0.353. The van der Waals surface area contributed by atoms with Crippen molar-refractivity contribution in [1.29, 1.82) is 0 Å². The summed E-state index contributed by atoms with van der Waals surface area (Å²) in [6.07, 6.45) is 6.95. The Kier molecular flexibility index (Phi) is 5.27. The molecule has 0 aromatic heterocycles. The van der Waals surface area contributed by atoms with E-state index in [0.29, 0.717) is 0 Å². The third-order valence-electron chi connectivity index (χ3n) is 3.49. The van der Waals surface area contributed by atoms with Crippen LogP contribution in [0.15, 0.2) is 41.5 Å². The van der Waals surface area contributed by atoms with Crippen molar-refractivity contribution in [2.24, 2.45) is 4.99 Å². The molecule has 20 heavy (non-hydrogen) atoms. The van der Waals surface area contributed by atoms with Crippen LogP contribution in [0.3, 0.4) is 0 Å². The second-order valence-corrected chi connectivity index (χ2v) is 4.81. The maximum absolute atomic E-state index is 5.93. The number of ether oxygens (including phenoxy) is 1. The molecule has 1 aliphatic heterocycles. The van der Waals surface area contributed by atoms with E-state index in [1.54, 1.807) is 6.20 Å². The van der Waals surface area contributed by atoms with Gasteiger partial charge in [0.05, 0.1) is 12.7 Å². The molecule has 1 aliphatic rings. The van der Waals surface area contributed by atoms with Crippen LogP contribution in [0.2, 0.25) is 0 Å². The summed E-state index contributed by atoms with van der Waals surface area (Å²) >= 11 is 0. The highest BCUT2D eigenvalue weighted by Gasteiger charge is 2.23. The molecule has 106 valence electrons. The number of benzene rings is 1. The molecule has 0 spiro atoms. The van der Waals surface area contributed by atoms with Crippen molar-refractivity contribution < 1.29 is 4.74 Å². The van der Waals surface area contributed by atoms with Gasteiger partial charge >= 0.3 is 0 Å². The van der Waals surface area contributed by atoms with Gasteiger partial charge in [0.15, 0.2) is 0 Å². The summed E-state index contributed by atoms with van der Waals surface area (Å²) in [6.45, 7) is 7.18. The van der Waals surface area contributed by atoms with Gasteiger partial charge in [-0.1, -0.05) is 30.4 Å². The van der Waals surface area contributed by atoms with Crippen molar-refractivity contribution in [3.8, 4) is 0 Å². The van der Waals surface area contributed by atoms with Gasteiger partial charge in [-0.15, -0.1) is 0 Å². The Morgan fingerprint density at radius 3 is 3.10 bits per heavy atom. The molecule has 1 aromatic rings. The number of nitrogens with zero attached hydrogens (tertiary/aromatic N) is 1. The molecule has 3 nitrogen and oxygen atoms in total. The van der Waals surface area contributed by atoms with E-state index in [2.05, 4.69) is 41.3 Å². The lowest BCUT2D eigenvalue weighted by atomic mass is 9.89. The third-order valence-corrected chi connectivity index (χ3v) is 3.49. The molecule has 0 fully saturated rings. The number of likely N-dealkylation sites (N-methyl/N-ethyl adjacent to an activating group) is 1. The van der Waals surface area contributed by atoms with Gasteiger partial charge in [0.25, 0.3) is 0 Å². The fourth-order valence-corrected chi connectivity index (χ4v) is 2.68. The van der Waals surface area contributed by atoms with Crippen molar-refractivity contribution in [3.05, 3.63) is 53.2 Å². The maximum Gasteiger partial charge on any atom is 0.0957 e. The van der Waals surface area contributed by atoms with Gasteiger partial charge in [-0.3, -0.25) is 4.99 Å². The van der Waals surface area contributed by atoms with Crippen molar-refractivity contribution in [1.82, 2.24) is 5.32 Å². The zero-order valence-electron chi connectivity index (χ0n) is 12.2. The summed E-state index contributed by atoms with van der Waals surface area (Å²) in [5.74, 6) is 0. The number of allylic oxidation sites excluding steroid dienone is 3. The lowest BCUT2D eigenvalue weighted by Gasteiger charge is -2.28. The molecule has 1 heterocycles. The van der Waals surface area contributed by atoms with E-state index < -0.39 is 0 Å². The van der Waals surface area contributed by atoms with Crippen LogP contribution >= 0.6 is 0 Å². The van der Waals surface area contributed by atoms with Gasteiger partial charge in [0, 0.05) is 12.7 Å². The molecule has 0 bridgehead atoms. The minimum Gasteiger partial charge on any atom is -0.372 e. The lowest BCUT2D eigenvalue weighted by molar-refractivity contribution is 0.0436. The topological polar surface area (TPSA) is 33.6 Å². The number of rotatable bonds is 5. The lowest BCUT2D eigenvalue weighted by Crippen LogP contribution is -2.26. The minimum absolute atomic E-state index is 0.0958. The van der Waals surface area contributed by atoms with E-state index in [0.717, 1.165) is 25.1 Å². The largest absolute Gasteiger partial charge is 0.372 e. The summed E-state index contributed by atoms with van der Waals surface area (Å²) in [7, 11) is 1.95. The Morgan fingerprint density at radius 2 is 2.40 bits per heavy atom. The molecule has 0 radical (unpaired) electrons. The van der Waals surface area contributed by atoms with Crippen molar-refractivity contribution >= 4 is 12.3 Å². The normalized spacial score (nSPS) is 19.1. The first kappa shape index (κ1) is 14.7. The van der Waals surface area contributed by atoms with E-state index in [-0.39, 0.29) is 6.10 Å². The summed E-state index contributed by atoms with van der Waals surface area (Å²) in [5.41, 5.74) is 4.91. The predicted octanol–water partition coefficient (Wildman–Crippen LogP) is 3.14. The molecule has 0 saturated carbocycles. The third kappa shape index (κ3) is 3.06. The van der Waals surface area contributed by atoms with Gasteiger partial charge in [-0.2, -0.15) is 0 Å². The second kappa shape index (κ2) is 7.17. The average molecular weight is 270 g/mol. The molecule has 1 atom stereocenters. The van der Waals surface area contributed by atoms with Crippen LogP contribution in [-0.2, 0) is 11.2 Å². The Morgan fingerprint density at radius 1 is 1.55 bits per heavy atom. The van der Waals surface area contributed by atoms with Crippen molar-refractivity contribution in [2.45, 2.75) is 19.4 Å². The number of fused-ring (bicyclic) bond motifs is 1. The van der Waals surface area contributed by atoms with Crippen LogP contribution in [0.1, 0.15) is 29.7 Å². The fourth-order valence-electron chi connectivity index (χ4n) is 2.68. The van der Waals surface area contributed by atoms with Gasteiger partial charge in [0.1, 0.15) is 0 Å². The van der Waals surface area contributed by atoms with E-state index in [1.807, 2.05) is 20.0 Å². The van der Waals surface area contributed by atoms with Gasteiger partial charge in [0.2, 0.25) is 0 Å². The first-order chi connectivity index (χ1) is 9.81. The monoisotopic (exact) mass is 270 g/mol. The Bertz CT molecular complexity index is 532. The first-order valence-electron chi connectivity index (χ1n) is 6.98. The second-order valence-electron chi connectivity index (χ2n) is 4.81. The molecule has 0 amide bonds. The summed E-state index contributed by atoms with van der Waals surface area (Å²) in [4.78, 5) is 3.93. The van der Waals surface area contributed by atoms with Crippen molar-refractivity contribution in [3.63, 3.8) is 0 Å². The van der Waals surface area contributed by atoms with Crippen LogP contribution in [0.4, 0.5) is 0 Å². The number of hydrogen-bond donors (Lipinski definition) is 1. The van der Waals surface area contributed by atoms with Crippen LogP contribution in [0.5, 0.6) is 0 Å². The zero-order chi connectivity index (χ0) is 14.4. The molecule has 1 aromatic carbocycles. The average Bonchev–Trinajstić information content (AvgIpc) is 2.47. The smallest absolute Gasteiger partial charge is 0.0957 e. The molecule has 0 saturated heterocycles. The standard InChI is InChI=1S/C17H22N2O/c1-4-6-14(11-18-2)15-8-5-7-13-9-10-20-16(12-19-3)17(13)15/h4-8,11,16,19H,2,9-10,12H2,1,3H3/b6-4-,14-11+/t16-/m0/s1. The van der Waals surface area contributed by atoms with Gasteiger partial charge < -0.3 is 10.1 Å². The highest BCUT2D eigenvalue weighted by atomic mass is 16.5. The summed E-state index contributed by atoms with van der Waals surface area (Å²) in [6, 6.07) is 6.43. The van der Waals surface area contributed by atoms with E-state index in [1.165, 1.54) is 16.7 Å². The quantitative estimate of drug-likeness (QED) is 0.659. The molecule has 2 rings (SSSR count). The predicted molar refractivity (Wildman–Crippen MR) is 85.1 cm³/mol. The van der Waals surface area contributed by atoms with E-state index in [4.69, 9.17) is 4.74 Å². The van der Waals surface area contributed by atoms with Crippen molar-refractivity contribution in [2.75, 3.05) is 20.2 Å². The summed E-state index contributed by atoms with van der Waals surface area (Å²) < 4.78 is 5.93. The Labute approximate surface area is 121 Å². The van der Waals surface area contributed by atoms with E-state index >= 15 is 0 Å². The maximum atomic E-state index is 5.93. The SMILES string of the molecule is C=N/C=C(\C=C/C)c1cccc2c1[C@H](CNC)OCC2. The molecule has 1 N–H and O–H groups in total. The van der Waals surface area contributed by atoms with Crippen LogP contribution < -0.4 is 5.32 Å². The first-order valence-corrected chi connectivity index (χ1v) is 6.98. The number of hydrogen-bond acceptors (Lipinski definition) is 3. The molecular formula is C17H22N2O. The van der Waals surface area contributed by atoms with E-state index in [9.17, 15) is 0 Å². The zero-order valence-corrected chi connectivity index (χ0v) is 12.2. The Balaban J connectivity index is 2.53. The summed E-state index contributed by atoms with van der Waals surface area (Å²) in [5, 5.41) is 3.21. The van der Waals surface area contributed by atoms with Gasteiger partial charge in [-0.25, -0.2) is 0 Å². The molecule has 0 aliphatic carbocycles. The molecule has 0 unspecified atom stereocenters. The van der Waals surface area contributed by atoms with Crippen LogP contribution in [-0.4, -0.2) is 26.9 Å². The number of nitrogens with one attached hydrogen (secondary N) is 1. The highest BCUT2D eigenvalue weighted by Crippen LogP contribution is 2.34. The Hall–Kier alpha value is -1.71. The highest BCUT2D eigenvalue weighted by molar-refractivity contribution is 5.77.